The molecule has 10 atom stereocenters. The first-order valence-electron chi connectivity index (χ1n) is 26.9. The molecule has 66 heavy (non-hydrogen) atoms. The van der Waals surface area contributed by atoms with E-state index in [1.54, 1.807) is 0 Å². The molecule has 0 saturated heterocycles. The van der Waals surface area contributed by atoms with Crippen molar-refractivity contribution >= 4 is 52.5 Å². The molecule has 12 heteroatoms. The number of unbranched alkanes of at least 4 members (excludes halogenated alkanes) is 10. The monoisotopic (exact) mass is 960 g/mol. The number of carbonyl (C=O) groups is 3. The highest BCUT2D eigenvalue weighted by Crippen LogP contribution is 2.69. The van der Waals surface area contributed by atoms with Crippen molar-refractivity contribution in [2.75, 3.05) is 26.2 Å². The molecule has 4 aliphatic carbocycles. The minimum Gasteiger partial charge on any atom is -0.461 e. The fourth-order valence-electron chi connectivity index (χ4n) is 13.1. The molecule has 0 radical (unpaired) electrons. The van der Waals surface area contributed by atoms with Gasteiger partial charge in [0.05, 0.1) is 0 Å². The molecule has 1 amide bonds. The van der Waals surface area contributed by atoms with Crippen molar-refractivity contribution in [2.45, 2.75) is 241 Å². The predicted molar refractivity (Wildman–Crippen MR) is 279 cm³/mol. The Kier molecular flexibility index (Phi) is 22.3. The van der Waals surface area contributed by atoms with Gasteiger partial charge in [-0.3, -0.25) is 14.4 Å². The Labute approximate surface area is 413 Å². The van der Waals surface area contributed by atoms with Crippen molar-refractivity contribution in [2.24, 2.45) is 46.3 Å². The van der Waals surface area contributed by atoms with E-state index in [2.05, 4.69) is 60.8 Å². The first kappa shape index (κ1) is 56.4. The van der Waals surface area contributed by atoms with Crippen molar-refractivity contribution in [1.29, 1.82) is 0 Å². The summed E-state index contributed by atoms with van der Waals surface area (Å²) in [6.45, 7) is 25.9. The van der Waals surface area contributed by atoms with Crippen molar-refractivity contribution in [3.05, 3.63) is 0 Å². The summed E-state index contributed by atoms with van der Waals surface area (Å²) in [4.78, 5) is 43.3. The fraction of sp³-hybridized carbons (Fsp3) is 0.907. The molecule has 4 rings (SSSR count). The van der Waals surface area contributed by atoms with E-state index in [9.17, 15) is 14.4 Å². The molecule has 0 aliphatic heterocycles. The Hall–Kier alpha value is -2.21. The van der Waals surface area contributed by atoms with Crippen LogP contribution < -0.4 is 21.3 Å². The lowest BCUT2D eigenvalue weighted by Gasteiger charge is -2.62. The van der Waals surface area contributed by atoms with Crippen LogP contribution in [-0.4, -0.2) is 82.4 Å². The molecule has 0 aromatic heterocycles. The number of nitrogens with one attached hydrogen (secondary N) is 4. The normalized spacial score (nSPS) is 28.7. The van der Waals surface area contributed by atoms with E-state index in [-0.39, 0.29) is 59.1 Å². The topological polar surface area (TPSA) is 121 Å². The maximum absolute atomic E-state index is 14.1. The Morgan fingerprint density at radius 2 is 1.21 bits per heavy atom. The minimum absolute atomic E-state index is 0.0216. The van der Waals surface area contributed by atoms with Crippen LogP contribution >= 0.6 is 24.4 Å². The van der Waals surface area contributed by atoms with Crippen LogP contribution in [0, 0.1) is 46.3 Å². The van der Waals surface area contributed by atoms with E-state index in [1.165, 1.54) is 64.2 Å². The zero-order valence-corrected chi connectivity index (χ0v) is 45.4. The van der Waals surface area contributed by atoms with Crippen molar-refractivity contribution in [3.63, 3.8) is 0 Å². The number of ether oxygens (including phenoxy) is 2. The second-order valence-corrected chi connectivity index (χ2v) is 24.7. The molecule has 0 aromatic rings. The van der Waals surface area contributed by atoms with E-state index in [4.69, 9.17) is 33.9 Å². The number of hydrogen-bond acceptors (Lipinski definition) is 7. The fourth-order valence-corrected chi connectivity index (χ4v) is 13.9. The predicted octanol–water partition coefficient (Wildman–Crippen LogP) is 11.6. The first-order chi connectivity index (χ1) is 31.1. The molecular formula is C54H97N5O5S2. The van der Waals surface area contributed by atoms with Crippen LogP contribution in [0.5, 0.6) is 0 Å². The molecule has 4 saturated carbocycles. The molecule has 0 bridgehead atoms. The first-order valence-corrected chi connectivity index (χ1v) is 27.7. The van der Waals surface area contributed by atoms with Crippen LogP contribution in [0.4, 0.5) is 0 Å². The lowest BCUT2D eigenvalue weighted by atomic mass is 9.43. The molecule has 0 heterocycles. The summed E-state index contributed by atoms with van der Waals surface area (Å²) >= 11 is 11.0. The standard InChI is InChI=1S/C54H97N5O5S2/c1-12-14-16-18-20-22-32-59(33-23-21-19-17-15-13-2)46(60)29-24-38(3)42-27-28-43-41-26-25-39-34-40(63-47(61)36-55-49(65)57-51(4,5)6)30-31-53(39,10)44(41)35-45(54(42,43)11)64-48(62)37-56-50(66)58-52(7,8)9/h38-45H,12-37H2,1-11H3,(H2,55,57,65)(H2,56,58,66)/t38-,39-,40-,41+,42-,43+,44+,45+,53+,54-/m1/s1. The Bertz CT molecular complexity index is 1550. The third-order valence-corrected chi connectivity index (χ3v) is 17.0. The molecular weight excluding hydrogens is 863 g/mol. The van der Waals surface area contributed by atoms with Gasteiger partial charge in [-0.1, -0.05) is 98.8 Å². The van der Waals surface area contributed by atoms with E-state index >= 15 is 0 Å². The number of esters is 2. The average Bonchev–Trinajstić information content (AvgIpc) is 3.60. The average molecular weight is 961 g/mol. The van der Waals surface area contributed by atoms with Gasteiger partial charge in [0, 0.05) is 36.0 Å². The Morgan fingerprint density at radius 1 is 0.682 bits per heavy atom. The third kappa shape index (κ3) is 16.7. The second kappa shape index (κ2) is 26.1. The van der Waals surface area contributed by atoms with Gasteiger partial charge in [0.1, 0.15) is 25.3 Å². The van der Waals surface area contributed by atoms with Crippen molar-refractivity contribution in [1.82, 2.24) is 26.2 Å². The highest BCUT2D eigenvalue weighted by molar-refractivity contribution is 7.80. The van der Waals surface area contributed by atoms with Gasteiger partial charge in [-0.15, -0.1) is 0 Å². The lowest BCUT2D eigenvalue weighted by Crippen LogP contribution is -2.60. The van der Waals surface area contributed by atoms with E-state index < -0.39 is 0 Å². The Balaban J connectivity index is 1.47. The highest BCUT2D eigenvalue weighted by Gasteiger charge is 2.65. The van der Waals surface area contributed by atoms with Gasteiger partial charge in [-0.25, -0.2) is 0 Å². The van der Waals surface area contributed by atoms with E-state index in [0.29, 0.717) is 58.1 Å². The van der Waals surface area contributed by atoms with Crippen LogP contribution in [-0.2, 0) is 23.9 Å². The summed E-state index contributed by atoms with van der Waals surface area (Å²) in [5.41, 5.74) is -0.539. The van der Waals surface area contributed by atoms with Crippen LogP contribution in [0.1, 0.15) is 217 Å². The maximum atomic E-state index is 14.1. The summed E-state index contributed by atoms with van der Waals surface area (Å²) in [5, 5.41) is 13.5. The van der Waals surface area contributed by atoms with Gasteiger partial charge in [-0.2, -0.15) is 0 Å². The number of carbonyl (C=O) groups excluding carboxylic acids is 3. The van der Waals surface area contributed by atoms with Gasteiger partial charge < -0.3 is 35.6 Å². The van der Waals surface area contributed by atoms with Gasteiger partial charge >= 0.3 is 11.9 Å². The summed E-state index contributed by atoms with van der Waals surface area (Å²) in [6, 6.07) is 0. The minimum atomic E-state index is -0.266. The number of fused-ring (bicyclic) bond motifs is 5. The molecule has 4 N–H and O–H groups in total. The zero-order chi connectivity index (χ0) is 48.7. The molecule has 0 aromatic carbocycles. The van der Waals surface area contributed by atoms with Crippen molar-refractivity contribution < 1.29 is 23.9 Å². The van der Waals surface area contributed by atoms with Crippen LogP contribution in [0.3, 0.4) is 0 Å². The smallest absolute Gasteiger partial charge is 0.325 e. The Morgan fingerprint density at radius 3 is 1.76 bits per heavy atom. The highest BCUT2D eigenvalue weighted by atomic mass is 32.1. The summed E-state index contributed by atoms with van der Waals surface area (Å²) in [6.07, 6.45) is 24.0. The summed E-state index contributed by atoms with van der Waals surface area (Å²) in [5.74, 6) is 2.33. The van der Waals surface area contributed by atoms with Gasteiger partial charge in [0.25, 0.3) is 0 Å². The quantitative estimate of drug-likeness (QED) is 0.0420. The molecule has 380 valence electrons. The van der Waals surface area contributed by atoms with Crippen LogP contribution in [0.15, 0.2) is 0 Å². The summed E-state index contributed by atoms with van der Waals surface area (Å²) in [7, 11) is 0. The van der Waals surface area contributed by atoms with Crippen LogP contribution in [0.25, 0.3) is 0 Å². The SMILES string of the molecule is CCCCCCCCN(CCCCCCCC)C(=O)CC[C@@H](C)[C@H]1CC[C@H]2[C@@H]3CC[C@@H]4C[C@H](OC(=O)CNC(=S)NC(C)(C)C)CC[C@]4(C)[C@H]3C[C@H](OC(=O)CNC(=S)NC(C)(C)C)[C@]12C. The number of thiocarbonyl (C=S) groups is 2. The number of amides is 1. The molecule has 0 unspecified atom stereocenters. The van der Waals surface area contributed by atoms with Gasteiger partial charge in [0.15, 0.2) is 10.2 Å². The summed E-state index contributed by atoms with van der Waals surface area (Å²) < 4.78 is 12.9. The second-order valence-electron chi connectivity index (χ2n) is 23.9. The molecule has 4 aliphatic rings. The van der Waals surface area contributed by atoms with Crippen molar-refractivity contribution in [3.8, 4) is 0 Å². The third-order valence-electron chi connectivity index (χ3n) is 16.5. The van der Waals surface area contributed by atoms with E-state index in [0.717, 1.165) is 83.7 Å². The zero-order valence-electron chi connectivity index (χ0n) is 43.8. The number of rotatable bonds is 24. The largest absolute Gasteiger partial charge is 0.461 e. The number of hydrogen-bond donors (Lipinski definition) is 4. The van der Waals surface area contributed by atoms with Crippen LogP contribution in [0.2, 0.25) is 0 Å². The molecule has 0 spiro atoms. The molecule has 10 nitrogen and oxygen atoms in total. The number of nitrogens with zero attached hydrogens (tertiary/aromatic N) is 1. The van der Waals surface area contributed by atoms with Gasteiger partial charge in [0.2, 0.25) is 5.91 Å². The maximum Gasteiger partial charge on any atom is 0.325 e. The lowest BCUT2D eigenvalue weighted by molar-refractivity contribution is -0.198. The van der Waals surface area contributed by atoms with E-state index in [1.807, 2.05) is 41.5 Å². The molecule has 4 fully saturated rings. The van der Waals surface area contributed by atoms with Gasteiger partial charge in [-0.05, 0) is 178 Å².